The maximum absolute atomic E-state index is 11.1. The van der Waals surface area contributed by atoms with Gasteiger partial charge >= 0.3 is 0 Å². The van der Waals surface area contributed by atoms with Gasteiger partial charge in [-0.25, -0.2) is 0 Å². The van der Waals surface area contributed by atoms with Crippen molar-refractivity contribution in [2.45, 2.75) is 0 Å². The van der Waals surface area contributed by atoms with Crippen molar-refractivity contribution in [3.05, 3.63) is 74.9 Å². The molecule has 0 amide bonds. The molecule has 0 fully saturated rings. The SMILES string of the molecule is O=C([O-])c1cc(-c2ccc(/C=N\Nc3ccc(Cl)c(Cl)c3)o2)ccc1Cl. The van der Waals surface area contributed by atoms with Crippen molar-refractivity contribution < 1.29 is 14.3 Å². The Hall–Kier alpha value is -2.47. The molecule has 0 unspecified atom stereocenters. The quantitative estimate of drug-likeness (QED) is 0.489. The number of hydrogen-bond acceptors (Lipinski definition) is 5. The molecule has 0 bridgehead atoms. The summed E-state index contributed by atoms with van der Waals surface area (Å²) in [6, 6.07) is 12.9. The zero-order valence-electron chi connectivity index (χ0n) is 13.0. The minimum absolute atomic E-state index is 0.0999. The fourth-order valence-corrected chi connectivity index (χ4v) is 2.64. The Kier molecular flexibility index (Phi) is 5.52. The molecule has 0 aliphatic rings. The van der Waals surface area contributed by atoms with E-state index in [4.69, 9.17) is 39.2 Å². The molecule has 3 aromatic rings. The van der Waals surface area contributed by atoms with Crippen LogP contribution in [0.4, 0.5) is 5.69 Å². The Morgan fingerprint density at radius 3 is 2.50 bits per heavy atom. The molecule has 1 aromatic heterocycles. The molecule has 2 aromatic carbocycles. The van der Waals surface area contributed by atoms with Crippen LogP contribution in [0.25, 0.3) is 11.3 Å². The fraction of sp³-hybridized carbons (Fsp3) is 0. The number of carbonyl (C=O) groups is 1. The molecule has 1 heterocycles. The Morgan fingerprint density at radius 2 is 1.77 bits per heavy atom. The number of hydrazone groups is 1. The highest BCUT2D eigenvalue weighted by atomic mass is 35.5. The summed E-state index contributed by atoms with van der Waals surface area (Å²) in [5, 5.41) is 16.1. The van der Waals surface area contributed by atoms with Gasteiger partial charge < -0.3 is 14.3 Å². The molecule has 0 saturated heterocycles. The maximum atomic E-state index is 11.1. The molecular weight excluding hydrogens is 399 g/mol. The van der Waals surface area contributed by atoms with Crippen molar-refractivity contribution in [1.82, 2.24) is 0 Å². The Morgan fingerprint density at radius 1 is 1.00 bits per heavy atom. The zero-order chi connectivity index (χ0) is 18.7. The molecule has 1 N–H and O–H groups in total. The highest BCUT2D eigenvalue weighted by Gasteiger charge is 2.08. The van der Waals surface area contributed by atoms with Gasteiger partial charge in [0, 0.05) is 16.1 Å². The summed E-state index contributed by atoms with van der Waals surface area (Å²) in [6.07, 6.45) is 1.47. The van der Waals surface area contributed by atoms with E-state index in [1.54, 1.807) is 36.4 Å². The molecule has 0 aliphatic heterocycles. The number of rotatable bonds is 5. The average Bonchev–Trinajstić information content (AvgIpc) is 3.07. The summed E-state index contributed by atoms with van der Waals surface area (Å²) in [5.74, 6) is -0.409. The van der Waals surface area contributed by atoms with Crippen LogP contribution in [0.3, 0.4) is 0 Å². The predicted molar refractivity (Wildman–Crippen MR) is 101 cm³/mol. The van der Waals surface area contributed by atoms with Crippen LogP contribution >= 0.6 is 34.8 Å². The molecular formula is C18H10Cl3N2O3-. The number of carboxylic acids is 1. The van der Waals surface area contributed by atoms with Crippen molar-refractivity contribution >= 4 is 52.7 Å². The van der Waals surface area contributed by atoms with E-state index in [0.717, 1.165) is 0 Å². The van der Waals surface area contributed by atoms with E-state index in [2.05, 4.69) is 10.5 Å². The molecule has 0 atom stereocenters. The van der Waals surface area contributed by atoms with Crippen molar-refractivity contribution in [2.75, 3.05) is 5.43 Å². The number of hydrogen-bond donors (Lipinski definition) is 1. The number of benzene rings is 2. The highest BCUT2D eigenvalue weighted by molar-refractivity contribution is 6.42. The van der Waals surface area contributed by atoms with E-state index in [0.29, 0.717) is 32.8 Å². The third-order valence-electron chi connectivity index (χ3n) is 3.40. The lowest BCUT2D eigenvalue weighted by Crippen LogP contribution is -2.22. The van der Waals surface area contributed by atoms with E-state index < -0.39 is 5.97 Å². The van der Waals surface area contributed by atoms with E-state index in [1.807, 2.05) is 0 Å². The minimum atomic E-state index is -1.35. The molecule has 132 valence electrons. The van der Waals surface area contributed by atoms with Crippen molar-refractivity contribution in [1.29, 1.82) is 0 Å². The van der Waals surface area contributed by atoms with Gasteiger partial charge in [-0.2, -0.15) is 5.10 Å². The second kappa shape index (κ2) is 7.83. The number of aromatic carboxylic acids is 1. The number of anilines is 1. The summed E-state index contributed by atoms with van der Waals surface area (Å²) < 4.78 is 5.63. The normalized spacial score (nSPS) is 11.0. The first-order valence-electron chi connectivity index (χ1n) is 7.29. The average molecular weight is 409 g/mol. The monoisotopic (exact) mass is 407 g/mol. The summed E-state index contributed by atoms with van der Waals surface area (Å²) in [5.41, 5.74) is 3.93. The number of furan rings is 1. The van der Waals surface area contributed by atoms with E-state index in [-0.39, 0.29) is 10.6 Å². The summed E-state index contributed by atoms with van der Waals surface area (Å²) in [4.78, 5) is 11.1. The summed E-state index contributed by atoms with van der Waals surface area (Å²) >= 11 is 17.6. The first-order valence-corrected chi connectivity index (χ1v) is 8.42. The number of carbonyl (C=O) groups excluding carboxylic acids is 1. The number of halogens is 3. The van der Waals surface area contributed by atoms with Gasteiger partial charge in [0.15, 0.2) is 0 Å². The van der Waals surface area contributed by atoms with Gasteiger partial charge in [0.1, 0.15) is 11.5 Å². The van der Waals surface area contributed by atoms with Gasteiger partial charge in [-0.05, 0) is 48.5 Å². The summed E-state index contributed by atoms with van der Waals surface area (Å²) in [6.45, 7) is 0. The molecule has 0 spiro atoms. The fourth-order valence-electron chi connectivity index (χ4n) is 2.15. The Labute approximate surface area is 163 Å². The molecule has 0 saturated carbocycles. The van der Waals surface area contributed by atoms with Crippen molar-refractivity contribution in [2.24, 2.45) is 5.10 Å². The molecule has 8 heteroatoms. The van der Waals surface area contributed by atoms with Crippen LogP contribution < -0.4 is 10.5 Å². The predicted octanol–water partition coefficient (Wildman–Crippen LogP) is 4.72. The lowest BCUT2D eigenvalue weighted by atomic mass is 10.1. The van der Waals surface area contributed by atoms with Crippen LogP contribution in [0.5, 0.6) is 0 Å². The Balaban J connectivity index is 1.74. The molecule has 26 heavy (non-hydrogen) atoms. The number of carboxylic acid groups (broad SMARTS) is 1. The second-order valence-electron chi connectivity index (χ2n) is 5.18. The van der Waals surface area contributed by atoms with Crippen LogP contribution in [0, 0.1) is 0 Å². The molecule has 0 radical (unpaired) electrons. The van der Waals surface area contributed by atoms with Crippen LogP contribution in [0.1, 0.15) is 16.1 Å². The third-order valence-corrected chi connectivity index (χ3v) is 4.47. The number of nitrogens with one attached hydrogen (secondary N) is 1. The van der Waals surface area contributed by atoms with Gasteiger partial charge in [-0.15, -0.1) is 0 Å². The van der Waals surface area contributed by atoms with E-state index in [1.165, 1.54) is 18.3 Å². The van der Waals surface area contributed by atoms with Gasteiger partial charge in [0.2, 0.25) is 0 Å². The first kappa shape index (κ1) is 18.3. The lowest BCUT2D eigenvalue weighted by molar-refractivity contribution is -0.255. The first-order chi connectivity index (χ1) is 12.4. The smallest absolute Gasteiger partial charge is 0.147 e. The molecule has 5 nitrogen and oxygen atoms in total. The molecule has 3 rings (SSSR count). The van der Waals surface area contributed by atoms with E-state index >= 15 is 0 Å². The highest BCUT2D eigenvalue weighted by Crippen LogP contribution is 2.27. The third kappa shape index (κ3) is 4.19. The van der Waals surface area contributed by atoms with Gasteiger partial charge in [-0.1, -0.05) is 34.8 Å². The largest absolute Gasteiger partial charge is 0.545 e. The maximum Gasteiger partial charge on any atom is 0.147 e. The minimum Gasteiger partial charge on any atom is -0.545 e. The molecule has 0 aliphatic carbocycles. The lowest BCUT2D eigenvalue weighted by Gasteiger charge is -2.06. The van der Waals surface area contributed by atoms with Crippen LogP contribution in [0.15, 0.2) is 58.0 Å². The Bertz CT molecular complexity index is 999. The summed E-state index contributed by atoms with van der Waals surface area (Å²) in [7, 11) is 0. The van der Waals surface area contributed by atoms with Crippen molar-refractivity contribution in [3.63, 3.8) is 0 Å². The second-order valence-corrected chi connectivity index (χ2v) is 6.40. The standard InChI is InChI=1S/C18H11Cl3N2O3/c19-14-4-1-10(7-13(14)18(24)25)17-6-3-12(26-17)9-22-23-11-2-5-15(20)16(21)8-11/h1-9,23H,(H,24,25)/p-1/b22-9-. The van der Waals surface area contributed by atoms with Crippen LogP contribution in [0.2, 0.25) is 15.1 Å². The topological polar surface area (TPSA) is 77.7 Å². The number of nitrogens with zero attached hydrogens (tertiary/aromatic N) is 1. The van der Waals surface area contributed by atoms with Crippen molar-refractivity contribution in [3.8, 4) is 11.3 Å². The van der Waals surface area contributed by atoms with Crippen LogP contribution in [-0.4, -0.2) is 12.2 Å². The zero-order valence-corrected chi connectivity index (χ0v) is 15.3. The van der Waals surface area contributed by atoms with Gasteiger partial charge in [-0.3, -0.25) is 5.43 Å². The van der Waals surface area contributed by atoms with Gasteiger partial charge in [0.05, 0.1) is 27.9 Å². The van der Waals surface area contributed by atoms with Gasteiger partial charge in [0.25, 0.3) is 0 Å². The van der Waals surface area contributed by atoms with Crippen LogP contribution in [-0.2, 0) is 0 Å². The van der Waals surface area contributed by atoms with E-state index in [9.17, 15) is 9.90 Å².